The van der Waals surface area contributed by atoms with Crippen molar-refractivity contribution in [2.75, 3.05) is 0 Å². The van der Waals surface area contributed by atoms with Gasteiger partial charge in [-0.1, -0.05) is 60.2 Å². The highest BCUT2D eigenvalue weighted by molar-refractivity contribution is 5.36. The van der Waals surface area contributed by atoms with Crippen molar-refractivity contribution in [3.05, 3.63) is 95.6 Å². The highest BCUT2D eigenvalue weighted by Crippen LogP contribution is 2.24. The molecule has 124 valence electrons. The summed E-state index contributed by atoms with van der Waals surface area (Å²) in [5, 5.41) is 12.8. The van der Waals surface area contributed by atoms with Crippen LogP contribution in [0.5, 0.6) is 11.5 Å². The van der Waals surface area contributed by atoms with Gasteiger partial charge in [0.15, 0.2) is 0 Å². The molecule has 3 aromatic carbocycles. The van der Waals surface area contributed by atoms with E-state index in [9.17, 15) is 5.26 Å². The molecule has 1 unspecified atom stereocenters. The molecule has 3 heteroatoms. The Hall–Kier alpha value is -3.09. The Morgan fingerprint density at radius 3 is 2.36 bits per heavy atom. The van der Waals surface area contributed by atoms with Crippen LogP contribution in [0.15, 0.2) is 78.9 Å². The normalized spacial score (nSPS) is 11.5. The summed E-state index contributed by atoms with van der Waals surface area (Å²) in [7, 11) is 0. The average Bonchev–Trinajstić information content (AvgIpc) is 2.65. The molecule has 0 aliphatic carbocycles. The standard InChI is InChI=1S/C22H20N2O/c1-17-10-12-18(13-11-17)16-24-22(15-23)19-6-5-9-21(14-19)25-20-7-3-2-4-8-20/h2-14,22,24H,16H2,1H3. The van der Waals surface area contributed by atoms with Crippen LogP contribution in [-0.4, -0.2) is 0 Å². The average molecular weight is 328 g/mol. The summed E-state index contributed by atoms with van der Waals surface area (Å²) in [5.41, 5.74) is 3.27. The molecule has 0 heterocycles. The SMILES string of the molecule is Cc1ccc(CNC(C#N)c2cccc(Oc3ccccc3)c2)cc1. The number of nitrogens with one attached hydrogen (secondary N) is 1. The molecular formula is C22H20N2O. The molecule has 0 aliphatic heterocycles. The van der Waals surface area contributed by atoms with E-state index in [-0.39, 0.29) is 6.04 Å². The summed E-state index contributed by atoms with van der Waals surface area (Å²) < 4.78 is 5.85. The third-order valence-corrected chi connectivity index (χ3v) is 3.93. The van der Waals surface area contributed by atoms with Crippen LogP contribution in [0.1, 0.15) is 22.7 Å². The van der Waals surface area contributed by atoms with Gasteiger partial charge in [-0.15, -0.1) is 0 Å². The predicted molar refractivity (Wildman–Crippen MR) is 99.3 cm³/mol. The van der Waals surface area contributed by atoms with Gasteiger partial charge in [-0.3, -0.25) is 5.32 Å². The first-order chi connectivity index (χ1) is 12.2. The second-order valence-corrected chi connectivity index (χ2v) is 5.92. The van der Waals surface area contributed by atoms with Crippen LogP contribution in [-0.2, 0) is 6.54 Å². The Kier molecular flexibility index (Phi) is 5.46. The monoisotopic (exact) mass is 328 g/mol. The third-order valence-electron chi connectivity index (χ3n) is 3.93. The van der Waals surface area contributed by atoms with Crippen LogP contribution in [0, 0.1) is 18.3 Å². The molecule has 0 fully saturated rings. The first-order valence-corrected chi connectivity index (χ1v) is 8.26. The van der Waals surface area contributed by atoms with Gasteiger partial charge in [0.25, 0.3) is 0 Å². The molecule has 0 radical (unpaired) electrons. The van der Waals surface area contributed by atoms with E-state index in [4.69, 9.17) is 4.74 Å². The van der Waals surface area contributed by atoms with Crippen LogP contribution in [0.4, 0.5) is 0 Å². The summed E-state index contributed by atoms with van der Waals surface area (Å²) in [6.07, 6.45) is 0. The van der Waals surface area contributed by atoms with E-state index >= 15 is 0 Å². The van der Waals surface area contributed by atoms with Crippen molar-refractivity contribution in [3.8, 4) is 17.6 Å². The fourth-order valence-electron chi connectivity index (χ4n) is 2.55. The van der Waals surface area contributed by atoms with Crippen molar-refractivity contribution < 1.29 is 4.74 Å². The number of ether oxygens (including phenoxy) is 1. The fraction of sp³-hybridized carbons (Fsp3) is 0.136. The summed E-state index contributed by atoms with van der Waals surface area (Å²) in [4.78, 5) is 0. The highest BCUT2D eigenvalue weighted by Gasteiger charge is 2.11. The maximum absolute atomic E-state index is 9.53. The van der Waals surface area contributed by atoms with Crippen LogP contribution in [0.25, 0.3) is 0 Å². The van der Waals surface area contributed by atoms with Crippen LogP contribution in [0.2, 0.25) is 0 Å². The van der Waals surface area contributed by atoms with E-state index < -0.39 is 0 Å². The highest BCUT2D eigenvalue weighted by atomic mass is 16.5. The maximum Gasteiger partial charge on any atom is 0.127 e. The zero-order chi connectivity index (χ0) is 17.5. The summed E-state index contributed by atoms with van der Waals surface area (Å²) in [6.45, 7) is 2.70. The molecular weight excluding hydrogens is 308 g/mol. The third kappa shape index (κ3) is 4.69. The van der Waals surface area contributed by atoms with Crippen molar-refractivity contribution >= 4 is 0 Å². The lowest BCUT2D eigenvalue weighted by Crippen LogP contribution is -2.19. The van der Waals surface area contributed by atoms with E-state index in [0.29, 0.717) is 6.54 Å². The minimum atomic E-state index is -0.388. The Balaban J connectivity index is 1.69. The van der Waals surface area contributed by atoms with E-state index in [1.54, 1.807) is 0 Å². The predicted octanol–water partition coefficient (Wildman–Crippen LogP) is 5.14. The van der Waals surface area contributed by atoms with Crippen molar-refractivity contribution in [2.24, 2.45) is 0 Å². The fourth-order valence-corrected chi connectivity index (χ4v) is 2.55. The molecule has 3 aromatic rings. The molecule has 0 saturated carbocycles. The maximum atomic E-state index is 9.53. The Morgan fingerprint density at radius 1 is 0.920 bits per heavy atom. The quantitative estimate of drug-likeness (QED) is 0.681. The number of benzene rings is 3. The van der Waals surface area contributed by atoms with Crippen molar-refractivity contribution in [2.45, 2.75) is 19.5 Å². The number of hydrogen-bond donors (Lipinski definition) is 1. The lowest BCUT2D eigenvalue weighted by atomic mass is 10.1. The second kappa shape index (κ2) is 8.14. The Labute approximate surface area is 148 Å². The summed E-state index contributed by atoms with van der Waals surface area (Å²) in [5.74, 6) is 1.50. The lowest BCUT2D eigenvalue weighted by molar-refractivity contribution is 0.481. The van der Waals surface area contributed by atoms with Crippen molar-refractivity contribution in [1.29, 1.82) is 5.26 Å². The summed E-state index contributed by atoms with van der Waals surface area (Å²) in [6, 6.07) is 27.5. The number of para-hydroxylation sites is 1. The van der Waals surface area contributed by atoms with Gasteiger partial charge in [-0.05, 0) is 42.3 Å². The van der Waals surface area contributed by atoms with Gasteiger partial charge in [-0.2, -0.15) is 5.26 Å². The second-order valence-electron chi connectivity index (χ2n) is 5.92. The number of nitriles is 1. The molecule has 3 rings (SSSR count). The van der Waals surface area contributed by atoms with E-state index in [1.165, 1.54) is 5.56 Å². The van der Waals surface area contributed by atoms with Gasteiger partial charge >= 0.3 is 0 Å². The minimum absolute atomic E-state index is 0.388. The molecule has 1 atom stereocenters. The van der Waals surface area contributed by atoms with Crippen molar-refractivity contribution in [3.63, 3.8) is 0 Å². The van der Waals surface area contributed by atoms with Gasteiger partial charge < -0.3 is 4.74 Å². The van der Waals surface area contributed by atoms with E-state index in [1.807, 2.05) is 54.6 Å². The number of hydrogen-bond acceptors (Lipinski definition) is 3. The zero-order valence-corrected chi connectivity index (χ0v) is 14.1. The smallest absolute Gasteiger partial charge is 0.127 e. The molecule has 25 heavy (non-hydrogen) atoms. The molecule has 0 spiro atoms. The molecule has 0 saturated heterocycles. The van der Waals surface area contributed by atoms with Gasteiger partial charge in [0, 0.05) is 6.54 Å². The largest absolute Gasteiger partial charge is 0.457 e. The summed E-state index contributed by atoms with van der Waals surface area (Å²) >= 11 is 0. The number of aryl methyl sites for hydroxylation is 1. The minimum Gasteiger partial charge on any atom is -0.457 e. The topological polar surface area (TPSA) is 45.0 Å². The van der Waals surface area contributed by atoms with Crippen LogP contribution in [0.3, 0.4) is 0 Å². The number of nitrogens with zero attached hydrogens (tertiary/aromatic N) is 1. The Bertz CT molecular complexity index is 851. The number of rotatable bonds is 6. The van der Waals surface area contributed by atoms with Crippen LogP contribution >= 0.6 is 0 Å². The molecule has 0 aliphatic rings. The van der Waals surface area contributed by atoms with Crippen molar-refractivity contribution in [1.82, 2.24) is 5.32 Å². The van der Waals surface area contributed by atoms with Gasteiger partial charge in [0.2, 0.25) is 0 Å². The first-order valence-electron chi connectivity index (χ1n) is 8.26. The van der Waals surface area contributed by atoms with Gasteiger partial charge in [0.1, 0.15) is 17.5 Å². The van der Waals surface area contributed by atoms with E-state index in [2.05, 4.69) is 42.6 Å². The van der Waals surface area contributed by atoms with Gasteiger partial charge in [-0.25, -0.2) is 0 Å². The lowest BCUT2D eigenvalue weighted by Gasteiger charge is -2.14. The molecule has 0 bridgehead atoms. The zero-order valence-electron chi connectivity index (χ0n) is 14.1. The first kappa shape index (κ1) is 16.8. The van der Waals surface area contributed by atoms with E-state index in [0.717, 1.165) is 22.6 Å². The molecule has 1 N–H and O–H groups in total. The van der Waals surface area contributed by atoms with Gasteiger partial charge in [0.05, 0.1) is 6.07 Å². The molecule has 0 amide bonds. The molecule has 3 nitrogen and oxygen atoms in total. The van der Waals surface area contributed by atoms with Crippen LogP contribution < -0.4 is 10.1 Å². The molecule has 0 aromatic heterocycles. The Morgan fingerprint density at radius 2 is 1.64 bits per heavy atom.